The largest absolute Gasteiger partial charge is 0.359 e. The molecule has 1 N–H and O–H groups in total. The van der Waals surface area contributed by atoms with Crippen molar-refractivity contribution in [2.24, 2.45) is 0 Å². The number of nitrogens with zero attached hydrogens (tertiary/aromatic N) is 2. The minimum atomic E-state index is 0.00976. The molecule has 4 nitrogen and oxygen atoms in total. The summed E-state index contributed by atoms with van der Waals surface area (Å²) in [7, 11) is 1.65. The first kappa shape index (κ1) is 15.2. The molecular formula is C19H19N3O. The van der Waals surface area contributed by atoms with Gasteiger partial charge < -0.3 is 5.32 Å². The minimum absolute atomic E-state index is 0.00976. The van der Waals surface area contributed by atoms with E-state index in [1.54, 1.807) is 7.05 Å². The van der Waals surface area contributed by atoms with E-state index in [-0.39, 0.29) is 5.91 Å². The summed E-state index contributed by atoms with van der Waals surface area (Å²) in [6.45, 7) is 4.04. The number of carbonyl (C=O) groups is 1. The van der Waals surface area contributed by atoms with Crippen LogP contribution in [0.1, 0.15) is 16.8 Å². The Bertz CT molecular complexity index is 887. The first-order valence-electron chi connectivity index (χ1n) is 7.62. The lowest BCUT2D eigenvalue weighted by Crippen LogP contribution is -2.19. The van der Waals surface area contributed by atoms with Crippen molar-refractivity contribution in [2.45, 2.75) is 20.3 Å². The maximum absolute atomic E-state index is 11.5. The second-order valence-corrected chi connectivity index (χ2v) is 5.69. The smallest absolute Gasteiger partial charge is 0.224 e. The molecule has 0 fully saturated rings. The number of likely N-dealkylation sites (N-methyl/N-ethyl adjacent to an activating group) is 1. The molecule has 1 aromatic carbocycles. The molecule has 116 valence electrons. The SMILES string of the molecule is CNC(=O)Cc1ccc2nc(-c3cccc(C)n3)cc(C)c2c1. The van der Waals surface area contributed by atoms with E-state index in [2.05, 4.69) is 17.2 Å². The first-order valence-corrected chi connectivity index (χ1v) is 7.62. The number of fused-ring (bicyclic) bond motifs is 1. The number of aryl methyl sites for hydroxylation is 2. The Hall–Kier alpha value is -2.75. The molecule has 2 aromatic heterocycles. The van der Waals surface area contributed by atoms with Gasteiger partial charge in [-0.05, 0) is 55.3 Å². The number of benzene rings is 1. The highest BCUT2D eigenvalue weighted by Crippen LogP contribution is 2.24. The van der Waals surface area contributed by atoms with Crippen LogP contribution in [0.2, 0.25) is 0 Å². The zero-order chi connectivity index (χ0) is 16.4. The highest BCUT2D eigenvalue weighted by Gasteiger charge is 2.08. The van der Waals surface area contributed by atoms with Crippen molar-refractivity contribution < 1.29 is 4.79 Å². The van der Waals surface area contributed by atoms with Gasteiger partial charge in [-0.2, -0.15) is 0 Å². The lowest BCUT2D eigenvalue weighted by atomic mass is 10.0. The molecule has 3 rings (SSSR count). The van der Waals surface area contributed by atoms with Crippen LogP contribution >= 0.6 is 0 Å². The Balaban J connectivity index is 2.06. The quantitative estimate of drug-likeness (QED) is 0.808. The van der Waals surface area contributed by atoms with E-state index < -0.39 is 0 Å². The van der Waals surface area contributed by atoms with E-state index in [1.807, 2.05) is 49.4 Å². The van der Waals surface area contributed by atoms with Crippen molar-refractivity contribution in [3.63, 3.8) is 0 Å². The standard InChI is InChI=1S/C19H19N3O/c1-12-9-18(17-6-4-5-13(2)21-17)22-16-8-7-14(10-15(12)16)11-19(23)20-3/h4-10H,11H2,1-3H3,(H,20,23). The van der Waals surface area contributed by atoms with E-state index in [1.165, 1.54) is 0 Å². The second-order valence-electron chi connectivity index (χ2n) is 5.69. The summed E-state index contributed by atoms with van der Waals surface area (Å²) in [5.74, 6) is 0.00976. The fourth-order valence-corrected chi connectivity index (χ4v) is 2.64. The van der Waals surface area contributed by atoms with Gasteiger partial charge in [0.1, 0.15) is 0 Å². The summed E-state index contributed by atoms with van der Waals surface area (Å²) < 4.78 is 0. The number of hydrogen-bond donors (Lipinski definition) is 1. The van der Waals surface area contributed by atoms with Gasteiger partial charge >= 0.3 is 0 Å². The molecule has 4 heteroatoms. The molecule has 2 heterocycles. The number of nitrogens with one attached hydrogen (secondary N) is 1. The van der Waals surface area contributed by atoms with Crippen LogP contribution in [0.15, 0.2) is 42.5 Å². The highest BCUT2D eigenvalue weighted by atomic mass is 16.1. The molecule has 0 atom stereocenters. The summed E-state index contributed by atoms with van der Waals surface area (Å²) in [6.07, 6.45) is 0.382. The van der Waals surface area contributed by atoms with Crippen LogP contribution < -0.4 is 5.32 Å². The summed E-state index contributed by atoms with van der Waals surface area (Å²) >= 11 is 0. The van der Waals surface area contributed by atoms with Gasteiger partial charge in [0.05, 0.1) is 23.3 Å². The molecule has 0 bridgehead atoms. The first-order chi connectivity index (χ1) is 11.1. The van der Waals surface area contributed by atoms with Crippen LogP contribution in [0, 0.1) is 13.8 Å². The molecule has 0 radical (unpaired) electrons. The fourth-order valence-electron chi connectivity index (χ4n) is 2.64. The molecule has 0 aliphatic carbocycles. The second kappa shape index (κ2) is 6.16. The lowest BCUT2D eigenvalue weighted by Gasteiger charge is -2.09. The maximum Gasteiger partial charge on any atom is 0.224 e. The molecule has 0 aliphatic rings. The van der Waals surface area contributed by atoms with Crippen LogP contribution in [0.25, 0.3) is 22.3 Å². The number of hydrogen-bond acceptors (Lipinski definition) is 3. The number of carbonyl (C=O) groups excluding carboxylic acids is 1. The van der Waals surface area contributed by atoms with E-state index in [9.17, 15) is 4.79 Å². The van der Waals surface area contributed by atoms with E-state index >= 15 is 0 Å². The molecule has 0 unspecified atom stereocenters. The minimum Gasteiger partial charge on any atom is -0.359 e. The van der Waals surface area contributed by atoms with E-state index in [0.29, 0.717) is 6.42 Å². The average molecular weight is 305 g/mol. The van der Waals surface area contributed by atoms with Gasteiger partial charge in [0.2, 0.25) is 5.91 Å². The third-order valence-corrected chi connectivity index (χ3v) is 3.87. The van der Waals surface area contributed by atoms with Crippen LogP contribution in [-0.2, 0) is 11.2 Å². The Kier molecular flexibility index (Phi) is 4.06. The van der Waals surface area contributed by atoms with Gasteiger partial charge in [-0.25, -0.2) is 4.98 Å². The predicted molar refractivity (Wildman–Crippen MR) is 92.2 cm³/mol. The molecule has 0 aliphatic heterocycles. The number of rotatable bonds is 3. The number of aromatic nitrogens is 2. The zero-order valence-electron chi connectivity index (χ0n) is 13.6. The Morgan fingerprint density at radius 3 is 2.61 bits per heavy atom. The Morgan fingerprint density at radius 2 is 1.87 bits per heavy atom. The van der Waals surface area contributed by atoms with Gasteiger partial charge in [0.25, 0.3) is 0 Å². The van der Waals surface area contributed by atoms with E-state index in [0.717, 1.165) is 39.1 Å². The van der Waals surface area contributed by atoms with Crippen molar-refractivity contribution in [1.29, 1.82) is 0 Å². The van der Waals surface area contributed by atoms with Gasteiger partial charge in [-0.3, -0.25) is 9.78 Å². The average Bonchev–Trinajstić information content (AvgIpc) is 2.55. The molecule has 0 saturated carbocycles. The topological polar surface area (TPSA) is 54.9 Å². The van der Waals surface area contributed by atoms with Crippen molar-refractivity contribution in [1.82, 2.24) is 15.3 Å². The van der Waals surface area contributed by atoms with Crippen molar-refractivity contribution in [2.75, 3.05) is 7.05 Å². The van der Waals surface area contributed by atoms with Crippen LogP contribution in [0.4, 0.5) is 0 Å². The summed E-state index contributed by atoms with van der Waals surface area (Å²) in [6, 6.07) is 14.0. The monoisotopic (exact) mass is 305 g/mol. The lowest BCUT2D eigenvalue weighted by molar-refractivity contribution is -0.119. The van der Waals surface area contributed by atoms with E-state index in [4.69, 9.17) is 4.98 Å². The van der Waals surface area contributed by atoms with Crippen LogP contribution in [-0.4, -0.2) is 22.9 Å². The molecule has 3 aromatic rings. The highest BCUT2D eigenvalue weighted by molar-refractivity contribution is 5.87. The molecule has 0 spiro atoms. The van der Waals surface area contributed by atoms with Crippen molar-refractivity contribution in [3.05, 3.63) is 59.3 Å². The summed E-state index contributed by atoms with van der Waals surface area (Å²) in [5, 5.41) is 3.72. The zero-order valence-corrected chi connectivity index (χ0v) is 13.6. The van der Waals surface area contributed by atoms with Gasteiger partial charge in [0, 0.05) is 18.1 Å². The number of pyridine rings is 2. The molecular weight excluding hydrogens is 286 g/mol. The van der Waals surface area contributed by atoms with Gasteiger partial charge in [0.15, 0.2) is 0 Å². The summed E-state index contributed by atoms with van der Waals surface area (Å²) in [4.78, 5) is 20.8. The third-order valence-electron chi connectivity index (χ3n) is 3.87. The number of amides is 1. The summed E-state index contributed by atoms with van der Waals surface area (Å²) in [5.41, 5.74) is 5.77. The maximum atomic E-state index is 11.5. The van der Waals surface area contributed by atoms with Crippen LogP contribution in [0.3, 0.4) is 0 Å². The normalized spacial score (nSPS) is 10.7. The fraction of sp³-hybridized carbons (Fsp3) is 0.211. The van der Waals surface area contributed by atoms with Crippen molar-refractivity contribution >= 4 is 16.8 Å². The Labute approximate surface area is 135 Å². The van der Waals surface area contributed by atoms with Crippen molar-refractivity contribution in [3.8, 4) is 11.4 Å². The Morgan fingerprint density at radius 1 is 1.04 bits per heavy atom. The molecule has 23 heavy (non-hydrogen) atoms. The molecule has 1 amide bonds. The molecule has 0 saturated heterocycles. The van der Waals surface area contributed by atoms with Gasteiger partial charge in [-0.1, -0.05) is 12.1 Å². The van der Waals surface area contributed by atoms with Gasteiger partial charge in [-0.15, -0.1) is 0 Å². The van der Waals surface area contributed by atoms with Crippen LogP contribution in [0.5, 0.6) is 0 Å². The third kappa shape index (κ3) is 3.21. The predicted octanol–water partition coefficient (Wildman–Crippen LogP) is 3.20.